The number of carbonyl (C=O) groups excluding carboxylic acids is 2. The van der Waals surface area contributed by atoms with E-state index in [-0.39, 0.29) is 11.7 Å². The van der Waals surface area contributed by atoms with Gasteiger partial charge in [0.2, 0.25) is 5.91 Å². The number of ketones is 1. The standard InChI is InChI=1S/C14H17N5O2S/c1-19-8-15-18-11(19)6-3-7-12(21)16-14-17-13-9(20)4-2-5-10(13)22-14/h8H,2-7H2,1H3,(H,16,17,21). The van der Waals surface area contributed by atoms with Crippen LogP contribution in [0.3, 0.4) is 0 Å². The third-order valence-electron chi connectivity index (χ3n) is 3.62. The summed E-state index contributed by atoms with van der Waals surface area (Å²) in [5.74, 6) is 0.865. The second-order valence-electron chi connectivity index (χ2n) is 5.33. The van der Waals surface area contributed by atoms with Crippen LogP contribution in [0.15, 0.2) is 6.33 Å². The fourth-order valence-corrected chi connectivity index (χ4v) is 3.48. The van der Waals surface area contributed by atoms with Crippen molar-refractivity contribution in [1.29, 1.82) is 0 Å². The first-order valence-electron chi connectivity index (χ1n) is 7.29. The molecule has 116 valence electrons. The molecule has 0 aliphatic heterocycles. The van der Waals surface area contributed by atoms with Crippen LogP contribution in [-0.2, 0) is 24.7 Å². The fraction of sp³-hybridized carbons (Fsp3) is 0.500. The van der Waals surface area contributed by atoms with Crippen LogP contribution in [0.25, 0.3) is 0 Å². The van der Waals surface area contributed by atoms with E-state index in [0.717, 1.165) is 23.5 Å². The normalized spacial score (nSPS) is 14.0. The van der Waals surface area contributed by atoms with Crippen molar-refractivity contribution in [2.24, 2.45) is 7.05 Å². The molecule has 2 aromatic heterocycles. The predicted octanol–water partition coefficient (Wildman–Crippen LogP) is 1.75. The number of nitrogens with zero attached hydrogens (tertiary/aromatic N) is 4. The topological polar surface area (TPSA) is 89.8 Å². The summed E-state index contributed by atoms with van der Waals surface area (Å²) in [6, 6.07) is 0. The van der Waals surface area contributed by atoms with Crippen LogP contribution in [0.1, 0.15) is 46.9 Å². The molecule has 0 saturated carbocycles. The molecule has 2 heterocycles. The number of fused-ring (bicyclic) bond motifs is 1. The van der Waals surface area contributed by atoms with E-state index < -0.39 is 0 Å². The van der Waals surface area contributed by atoms with Gasteiger partial charge in [-0.15, -0.1) is 21.5 Å². The Kier molecular flexibility index (Phi) is 4.28. The summed E-state index contributed by atoms with van der Waals surface area (Å²) >= 11 is 1.41. The van der Waals surface area contributed by atoms with E-state index in [4.69, 9.17) is 0 Å². The maximum absolute atomic E-state index is 11.9. The lowest BCUT2D eigenvalue weighted by Crippen LogP contribution is -2.12. The van der Waals surface area contributed by atoms with E-state index in [1.807, 2.05) is 11.6 Å². The van der Waals surface area contributed by atoms with Gasteiger partial charge in [-0.05, 0) is 19.3 Å². The van der Waals surface area contributed by atoms with Crippen LogP contribution in [0.4, 0.5) is 5.13 Å². The molecular weight excluding hydrogens is 302 g/mol. The van der Waals surface area contributed by atoms with Gasteiger partial charge in [0.05, 0.1) is 0 Å². The highest BCUT2D eigenvalue weighted by Crippen LogP contribution is 2.29. The number of anilines is 1. The number of amides is 1. The number of nitrogens with one attached hydrogen (secondary N) is 1. The monoisotopic (exact) mass is 319 g/mol. The molecule has 1 N–H and O–H groups in total. The second-order valence-corrected chi connectivity index (χ2v) is 6.41. The first-order chi connectivity index (χ1) is 10.6. The molecule has 2 aromatic rings. The highest BCUT2D eigenvalue weighted by Gasteiger charge is 2.22. The number of carbonyl (C=O) groups is 2. The Labute approximate surface area is 131 Å². The SMILES string of the molecule is Cn1cnnc1CCCC(=O)Nc1nc2c(s1)CCCC2=O. The molecule has 0 saturated heterocycles. The maximum atomic E-state index is 11.9. The van der Waals surface area contributed by atoms with Crippen LogP contribution in [0.5, 0.6) is 0 Å². The zero-order chi connectivity index (χ0) is 15.5. The zero-order valence-corrected chi connectivity index (χ0v) is 13.2. The summed E-state index contributed by atoms with van der Waals surface area (Å²) in [6.45, 7) is 0. The minimum absolute atomic E-state index is 0.0827. The molecule has 0 atom stereocenters. The molecule has 8 heteroatoms. The minimum atomic E-state index is -0.0827. The van der Waals surface area contributed by atoms with Crippen LogP contribution < -0.4 is 5.32 Å². The molecule has 7 nitrogen and oxygen atoms in total. The van der Waals surface area contributed by atoms with Crippen molar-refractivity contribution < 1.29 is 9.59 Å². The summed E-state index contributed by atoms with van der Waals surface area (Å²) in [7, 11) is 1.88. The van der Waals surface area contributed by atoms with Gasteiger partial charge in [0.25, 0.3) is 0 Å². The molecule has 0 unspecified atom stereocenters. The largest absolute Gasteiger partial charge is 0.321 e. The maximum Gasteiger partial charge on any atom is 0.226 e. The molecular formula is C14H17N5O2S. The molecule has 0 spiro atoms. The Hall–Kier alpha value is -2.09. The highest BCUT2D eigenvalue weighted by molar-refractivity contribution is 7.16. The number of thiazole rings is 1. The van der Waals surface area contributed by atoms with Crippen molar-refractivity contribution in [2.45, 2.75) is 38.5 Å². The summed E-state index contributed by atoms with van der Waals surface area (Å²) in [4.78, 5) is 28.9. The summed E-state index contributed by atoms with van der Waals surface area (Å²) in [5.41, 5.74) is 0.547. The highest BCUT2D eigenvalue weighted by atomic mass is 32.1. The number of aryl methyl sites for hydroxylation is 3. The van der Waals surface area contributed by atoms with Gasteiger partial charge in [0.15, 0.2) is 10.9 Å². The van der Waals surface area contributed by atoms with Gasteiger partial charge in [-0.3, -0.25) is 9.59 Å². The summed E-state index contributed by atoms with van der Waals surface area (Å²) in [6.07, 6.45) is 5.75. The lowest BCUT2D eigenvalue weighted by Gasteiger charge is -2.05. The van der Waals surface area contributed by atoms with Gasteiger partial charge in [0.1, 0.15) is 17.8 Å². The van der Waals surface area contributed by atoms with E-state index >= 15 is 0 Å². The smallest absolute Gasteiger partial charge is 0.226 e. The lowest BCUT2D eigenvalue weighted by molar-refractivity contribution is -0.116. The first-order valence-corrected chi connectivity index (χ1v) is 8.11. The number of hydrogen-bond donors (Lipinski definition) is 1. The van der Waals surface area contributed by atoms with Gasteiger partial charge in [-0.2, -0.15) is 0 Å². The Balaban J connectivity index is 1.52. The van der Waals surface area contributed by atoms with Crippen molar-refractivity contribution in [1.82, 2.24) is 19.7 Å². The molecule has 1 amide bonds. The van der Waals surface area contributed by atoms with Gasteiger partial charge < -0.3 is 9.88 Å². The van der Waals surface area contributed by atoms with E-state index in [9.17, 15) is 9.59 Å². The molecule has 3 rings (SSSR count). The van der Waals surface area contributed by atoms with Gasteiger partial charge in [-0.25, -0.2) is 4.98 Å². The van der Waals surface area contributed by atoms with Crippen LogP contribution in [-0.4, -0.2) is 31.4 Å². The number of Topliss-reactive ketones (excluding diaryl/α,β-unsaturated/α-hetero) is 1. The second kappa shape index (κ2) is 6.35. The van der Waals surface area contributed by atoms with Crippen molar-refractivity contribution in [3.63, 3.8) is 0 Å². The van der Waals surface area contributed by atoms with E-state index in [0.29, 0.717) is 36.5 Å². The van der Waals surface area contributed by atoms with Crippen molar-refractivity contribution >= 4 is 28.2 Å². The van der Waals surface area contributed by atoms with Gasteiger partial charge in [-0.1, -0.05) is 0 Å². The Morgan fingerprint density at radius 2 is 2.32 bits per heavy atom. The average Bonchev–Trinajstić information content (AvgIpc) is 3.06. The third-order valence-corrected chi connectivity index (χ3v) is 4.66. The molecule has 1 aliphatic carbocycles. The summed E-state index contributed by atoms with van der Waals surface area (Å²) < 4.78 is 1.85. The minimum Gasteiger partial charge on any atom is -0.321 e. The van der Waals surface area contributed by atoms with Crippen molar-refractivity contribution in [2.75, 3.05) is 5.32 Å². The van der Waals surface area contributed by atoms with Crippen molar-refractivity contribution in [3.05, 3.63) is 22.7 Å². The Bertz CT molecular complexity index is 706. The van der Waals surface area contributed by atoms with Gasteiger partial charge in [0, 0.05) is 31.2 Å². The number of aromatic nitrogens is 4. The molecule has 22 heavy (non-hydrogen) atoms. The Morgan fingerprint density at radius 1 is 1.45 bits per heavy atom. The summed E-state index contributed by atoms with van der Waals surface area (Å²) in [5, 5.41) is 11.1. The number of rotatable bonds is 5. The van der Waals surface area contributed by atoms with E-state index in [2.05, 4.69) is 20.5 Å². The van der Waals surface area contributed by atoms with Crippen molar-refractivity contribution in [3.8, 4) is 0 Å². The predicted molar refractivity (Wildman–Crippen MR) is 82.0 cm³/mol. The Morgan fingerprint density at radius 3 is 3.05 bits per heavy atom. The van der Waals surface area contributed by atoms with Gasteiger partial charge >= 0.3 is 0 Å². The first kappa shape index (κ1) is 14.8. The average molecular weight is 319 g/mol. The molecule has 0 fully saturated rings. The van der Waals surface area contributed by atoms with E-state index in [1.54, 1.807) is 6.33 Å². The van der Waals surface area contributed by atoms with E-state index in [1.165, 1.54) is 11.3 Å². The van der Waals surface area contributed by atoms with Crippen LogP contribution >= 0.6 is 11.3 Å². The lowest BCUT2D eigenvalue weighted by atomic mass is 10.0. The quantitative estimate of drug-likeness (QED) is 0.907. The fourth-order valence-electron chi connectivity index (χ4n) is 2.44. The molecule has 0 aromatic carbocycles. The molecule has 0 radical (unpaired) electrons. The zero-order valence-electron chi connectivity index (χ0n) is 12.3. The third kappa shape index (κ3) is 3.22. The number of hydrogen-bond acceptors (Lipinski definition) is 6. The van der Waals surface area contributed by atoms with Crippen LogP contribution in [0.2, 0.25) is 0 Å². The van der Waals surface area contributed by atoms with Crippen LogP contribution in [0, 0.1) is 0 Å². The molecule has 0 bridgehead atoms. The molecule has 1 aliphatic rings.